The number of rotatable bonds is 3. The first kappa shape index (κ1) is 19.4. The maximum Gasteiger partial charge on any atom is 0.371 e. The summed E-state index contributed by atoms with van der Waals surface area (Å²) in [6, 6.07) is -1.10. The van der Waals surface area contributed by atoms with Crippen LogP contribution in [0, 0.1) is 0 Å². The predicted octanol–water partition coefficient (Wildman–Crippen LogP) is -3.42. The molecule has 1 aliphatic rings. The van der Waals surface area contributed by atoms with Crippen LogP contribution in [0.1, 0.15) is 13.8 Å². The number of hydrogen-bond donors (Lipinski definition) is 6. The van der Waals surface area contributed by atoms with Gasteiger partial charge in [0.15, 0.2) is 6.29 Å². The van der Waals surface area contributed by atoms with E-state index in [1.165, 1.54) is 6.92 Å². The van der Waals surface area contributed by atoms with Gasteiger partial charge >= 0.3 is 5.97 Å². The molecule has 0 aromatic rings. The summed E-state index contributed by atoms with van der Waals surface area (Å²) >= 11 is 0. The molecule has 0 aromatic carbocycles. The van der Waals surface area contributed by atoms with Crippen LogP contribution in [0.25, 0.3) is 0 Å². The molecule has 0 radical (unpaired) electrons. The third-order valence-electron chi connectivity index (χ3n) is 2.57. The maximum atomic E-state index is 10.7. The van der Waals surface area contributed by atoms with Gasteiger partial charge in [0, 0.05) is 13.8 Å². The lowest BCUT2D eigenvalue weighted by Crippen LogP contribution is -2.63. The van der Waals surface area contributed by atoms with Crippen LogP contribution in [-0.4, -0.2) is 80.4 Å². The first-order valence-electron chi connectivity index (χ1n) is 5.93. The summed E-state index contributed by atoms with van der Waals surface area (Å²) in [5, 5.41) is 47.0. The molecule has 0 aromatic heterocycles. The second kappa shape index (κ2) is 8.64. The molecular formula is C11H19NO9. The van der Waals surface area contributed by atoms with Gasteiger partial charge in [0.1, 0.15) is 24.4 Å². The average Bonchev–Trinajstić information content (AvgIpc) is 2.39. The standard InChI is InChI=1S/C8H15NO6.C3H4O3/c1-3(11)9-5-7(13)6(12)4(2-10)15-8(5)14;1-2(4)3(5)6/h4-8,10,12-14H,2H2,1H3,(H,9,11);1H3,(H,5,6)/t4-,5+,6-,7-,8?;/m1./s1. The van der Waals surface area contributed by atoms with Crippen LogP contribution in [-0.2, 0) is 19.1 Å². The Hall–Kier alpha value is -1.59. The van der Waals surface area contributed by atoms with Crippen LogP contribution in [0.5, 0.6) is 0 Å². The lowest BCUT2D eigenvalue weighted by atomic mass is 9.97. The minimum absolute atomic E-state index is 0.462. The van der Waals surface area contributed by atoms with Crippen LogP contribution in [0.4, 0.5) is 0 Å². The van der Waals surface area contributed by atoms with Crippen LogP contribution in [0.2, 0.25) is 0 Å². The zero-order valence-corrected chi connectivity index (χ0v) is 11.5. The average molecular weight is 309 g/mol. The zero-order valence-electron chi connectivity index (χ0n) is 11.5. The molecule has 122 valence electrons. The fraction of sp³-hybridized carbons (Fsp3) is 0.727. The molecule has 10 heteroatoms. The Bertz CT molecular complexity index is 374. The van der Waals surface area contributed by atoms with E-state index in [2.05, 4.69) is 5.32 Å². The Kier molecular flexibility index (Phi) is 7.99. The van der Waals surface area contributed by atoms with Gasteiger partial charge in [0.2, 0.25) is 11.7 Å². The summed E-state index contributed by atoms with van der Waals surface area (Å²) in [5.74, 6) is -2.67. The molecule has 10 nitrogen and oxygen atoms in total. The molecule has 1 aliphatic heterocycles. The fourth-order valence-corrected chi connectivity index (χ4v) is 1.49. The lowest BCUT2D eigenvalue weighted by Gasteiger charge is -2.40. The number of amides is 1. The number of ether oxygens (including phenoxy) is 1. The van der Waals surface area contributed by atoms with Gasteiger partial charge in [-0.2, -0.15) is 0 Å². The number of carbonyl (C=O) groups is 3. The molecule has 6 N–H and O–H groups in total. The normalized spacial score (nSPS) is 31.6. The van der Waals surface area contributed by atoms with E-state index in [1.807, 2.05) is 0 Å². The van der Waals surface area contributed by atoms with E-state index in [4.69, 9.17) is 14.9 Å². The largest absolute Gasteiger partial charge is 0.476 e. The fourth-order valence-electron chi connectivity index (χ4n) is 1.49. The van der Waals surface area contributed by atoms with Gasteiger partial charge in [-0.1, -0.05) is 0 Å². The van der Waals surface area contributed by atoms with Crippen molar-refractivity contribution in [2.75, 3.05) is 6.61 Å². The quantitative estimate of drug-likeness (QED) is 0.290. The molecule has 5 atom stereocenters. The monoisotopic (exact) mass is 309 g/mol. The highest BCUT2D eigenvalue weighted by molar-refractivity contribution is 6.31. The first-order valence-corrected chi connectivity index (χ1v) is 5.93. The van der Waals surface area contributed by atoms with Crippen molar-refractivity contribution in [3.05, 3.63) is 0 Å². The smallest absolute Gasteiger partial charge is 0.371 e. The van der Waals surface area contributed by atoms with Crippen LogP contribution in [0.15, 0.2) is 0 Å². The van der Waals surface area contributed by atoms with E-state index in [0.29, 0.717) is 0 Å². The first-order chi connectivity index (χ1) is 9.61. The molecule has 1 fully saturated rings. The number of carboxylic acids is 1. The van der Waals surface area contributed by atoms with Gasteiger partial charge in [-0.15, -0.1) is 0 Å². The van der Waals surface area contributed by atoms with Crippen LogP contribution < -0.4 is 5.32 Å². The minimum atomic E-state index is -1.45. The van der Waals surface area contributed by atoms with Crippen molar-refractivity contribution in [3.8, 4) is 0 Å². The Morgan fingerprint density at radius 2 is 1.57 bits per heavy atom. The molecular weight excluding hydrogens is 290 g/mol. The number of nitrogens with one attached hydrogen (secondary N) is 1. The van der Waals surface area contributed by atoms with Gasteiger partial charge in [0.25, 0.3) is 0 Å². The third-order valence-corrected chi connectivity index (χ3v) is 2.57. The van der Waals surface area contributed by atoms with E-state index in [0.717, 1.165) is 6.92 Å². The summed E-state index contributed by atoms with van der Waals surface area (Å²) in [6.07, 6.45) is -5.24. The maximum absolute atomic E-state index is 10.7. The highest BCUT2D eigenvalue weighted by Crippen LogP contribution is 2.19. The number of aliphatic hydroxyl groups is 4. The Morgan fingerprint density at radius 1 is 1.10 bits per heavy atom. The van der Waals surface area contributed by atoms with Crippen molar-refractivity contribution >= 4 is 17.7 Å². The third kappa shape index (κ3) is 6.14. The van der Waals surface area contributed by atoms with Crippen molar-refractivity contribution in [2.45, 2.75) is 44.5 Å². The van der Waals surface area contributed by atoms with Crippen LogP contribution in [0.3, 0.4) is 0 Å². The second-order valence-corrected chi connectivity index (χ2v) is 4.32. The lowest BCUT2D eigenvalue weighted by molar-refractivity contribution is -0.253. The Morgan fingerprint density at radius 3 is 1.90 bits per heavy atom. The summed E-state index contributed by atoms with van der Waals surface area (Å²) in [7, 11) is 0. The zero-order chi connectivity index (χ0) is 16.7. The molecule has 1 amide bonds. The molecule has 21 heavy (non-hydrogen) atoms. The van der Waals surface area contributed by atoms with Crippen molar-refractivity contribution in [3.63, 3.8) is 0 Å². The highest BCUT2D eigenvalue weighted by atomic mass is 16.6. The van der Waals surface area contributed by atoms with E-state index >= 15 is 0 Å². The highest BCUT2D eigenvalue weighted by Gasteiger charge is 2.43. The second-order valence-electron chi connectivity index (χ2n) is 4.32. The molecule has 1 saturated heterocycles. The molecule has 0 bridgehead atoms. The predicted molar refractivity (Wildman–Crippen MR) is 65.9 cm³/mol. The minimum Gasteiger partial charge on any atom is -0.476 e. The molecule has 0 spiro atoms. The summed E-state index contributed by atoms with van der Waals surface area (Å²) in [4.78, 5) is 29.6. The summed E-state index contributed by atoms with van der Waals surface area (Å²) in [6.45, 7) is 1.69. The van der Waals surface area contributed by atoms with E-state index < -0.39 is 54.9 Å². The van der Waals surface area contributed by atoms with Gasteiger partial charge in [-0.25, -0.2) is 4.79 Å². The van der Waals surface area contributed by atoms with Crippen molar-refractivity contribution in [1.29, 1.82) is 0 Å². The number of carboxylic acid groups (broad SMARTS) is 1. The molecule has 1 unspecified atom stereocenters. The molecule has 0 saturated carbocycles. The number of aliphatic hydroxyl groups excluding tert-OH is 4. The number of ketones is 1. The topological polar surface area (TPSA) is 174 Å². The number of carbonyl (C=O) groups excluding carboxylic acids is 2. The summed E-state index contributed by atoms with van der Waals surface area (Å²) < 4.78 is 4.81. The summed E-state index contributed by atoms with van der Waals surface area (Å²) in [5.41, 5.74) is 0. The SMILES string of the molecule is CC(=O)C(=O)O.CC(=O)N[C@@H]1C(O)O[C@H](CO)[C@@H](O)[C@@H]1O. The van der Waals surface area contributed by atoms with Gasteiger partial charge < -0.3 is 35.6 Å². The number of Topliss-reactive ketones (excluding diaryl/α,β-unsaturated/α-hetero) is 1. The Balaban J connectivity index is 0.000000567. The van der Waals surface area contributed by atoms with Crippen molar-refractivity contribution in [1.82, 2.24) is 5.32 Å². The van der Waals surface area contributed by atoms with Crippen molar-refractivity contribution in [2.24, 2.45) is 0 Å². The van der Waals surface area contributed by atoms with Crippen molar-refractivity contribution < 1.29 is 44.7 Å². The van der Waals surface area contributed by atoms with E-state index in [9.17, 15) is 29.7 Å². The van der Waals surface area contributed by atoms with E-state index in [1.54, 1.807) is 0 Å². The molecule has 0 aliphatic carbocycles. The van der Waals surface area contributed by atoms with Crippen LogP contribution >= 0.6 is 0 Å². The van der Waals surface area contributed by atoms with Gasteiger partial charge in [0.05, 0.1) is 6.61 Å². The number of hydrogen-bond acceptors (Lipinski definition) is 8. The van der Waals surface area contributed by atoms with Gasteiger partial charge in [-0.3, -0.25) is 9.59 Å². The molecule has 1 rings (SSSR count). The van der Waals surface area contributed by atoms with E-state index in [-0.39, 0.29) is 0 Å². The molecule has 1 heterocycles. The number of aliphatic carboxylic acids is 1. The Labute approximate surface area is 120 Å². The van der Waals surface area contributed by atoms with Gasteiger partial charge in [-0.05, 0) is 0 Å².